The van der Waals surface area contributed by atoms with Gasteiger partial charge < -0.3 is 9.67 Å². The zero-order valence-corrected chi connectivity index (χ0v) is 8.82. The van der Waals surface area contributed by atoms with Gasteiger partial charge in [0.15, 0.2) is 5.65 Å². The summed E-state index contributed by atoms with van der Waals surface area (Å²) in [6.07, 6.45) is 1.60. The topological polar surface area (TPSA) is 68.0 Å². The Kier molecular flexibility index (Phi) is 1.99. The first-order valence-electron chi connectivity index (χ1n) is 3.81. The lowest BCUT2D eigenvalue weighted by molar-refractivity contribution is 0.0680. The van der Waals surface area contributed by atoms with Gasteiger partial charge in [0.1, 0.15) is 5.52 Å². The molecule has 2 heterocycles. The van der Waals surface area contributed by atoms with Gasteiger partial charge in [0, 0.05) is 17.7 Å². The van der Waals surface area contributed by atoms with E-state index in [9.17, 15) is 4.79 Å². The number of carboxylic acid groups (broad SMARTS) is 1. The van der Waals surface area contributed by atoms with Crippen molar-refractivity contribution >= 4 is 33.1 Å². The quantitative estimate of drug-likeness (QED) is 0.837. The third kappa shape index (κ3) is 1.19. The molecule has 0 amide bonds. The van der Waals surface area contributed by atoms with Crippen LogP contribution in [-0.2, 0) is 7.05 Å². The van der Waals surface area contributed by atoms with E-state index >= 15 is 0 Å². The van der Waals surface area contributed by atoms with Crippen LogP contribution in [0.15, 0.2) is 16.7 Å². The van der Waals surface area contributed by atoms with E-state index in [4.69, 9.17) is 5.11 Å². The van der Waals surface area contributed by atoms with Gasteiger partial charge in [0.2, 0.25) is 5.82 Å². The molecule has 2 rings (SSSR count). The number of hydrogen-bond acceptors (Lipinski definition) is 3. The molecule has 0 aromatic carbocycles. The van der Waals surface area contributed by atoms with Crippen molar-refractivity contribution in [1.29, 1.82) is 0 Å². The van der Waals surface area contributed by atoms with Crippen LogP contribution in [0.25, 0.3) is 11.2 Å². The van der Waals surface area contributed by atoms with Crippen LogP contribution in [0.4, 0.5) is 0 Å². The molecule has 14 heavy (non-hydrogen) atoms. The van der Waals surface area contributed by atoms with Gasteiger partial charge in [-0.3, -0.25) is 0 Å². The van der Waals surface area contributed by atoms with E-state index < -0.39 is 5.97 Å². The standard InChI is InChI=1S/C8H6BrN3O2/c1-12-6-5(4(9)2-3-10-6)11-7(12)8(13)14/h2-3H,1H3,(H,13,14). The van der Waals surface area contributed by atoms with Crippen molar-refractivity contribution < 1.29 is 9.90 Å². The van der Waals surface area contributed by atoms with Crippen LogP contribution in [0.5, 0.6) is 0 Å². The minimum atomic E-state index is -1.06. The van der Waals surface area contributed by atoms with Crippen LogP contribution in [-0.4, -0.2) is 25.6 Å². The fourth-order valence-corrected chi connectivity index (χ4v) is 1.63. The molecule has 0 spiro atoms. The van der Waals surface area contributed by atoms with E-state index in [1.165, 1.54) is 4.57 Å². The van der Waals surface area contributed by atoms with E-state index in [2.05, 4.69) is 25.9 Å². The molecule has 0 atom stereocenters. The lowest BCUT2D eigenvalue weighted by Crippen LogP contribution is -2.05. The Morgan fingerprint density at radius 1 is 1.64 bits per heavy atom. The number of hydrogen-bond donors (Lipinski definition) is 1. The summed E-state index contributed by atoms with van der Waals surface area (Å²) in [4.78, 5) is 18.8. The highest BCUT2D eigenvalue weighted by atomic mass is 79.9. The summed E-state index contributed by atoms with van der Waals surface area (Å²) in [6.45, 7) is 0. The molecule has 0 unspecified atom stereocenters. The molecule has 2 aromatic heterocycles. The number of fused-ring (bicyclic) bond motifs is 1. The highest BCUT2D eigenvalue weighted by Crippen LogP contribution is 2.21. The first-order chi connectivity index (χ1) is 6.61. The number of halogens is 1. The average Bonchev–Trinajstić information content (AvgIpc) is 2.46. The third-order valence-electron chi connectivity index (χ3n) is 1.90. The van der Waals surface area contributed by atoms with E-state index in [0.29, 0.717) is 11.2 Å². The molecule has 0 aliphatic carbocycles. The number of nitrogens with zero attached hydrogens (tertiary/aromatic N) is 3. The summed E-state index contributed by atoms with van der Waals surface area (Å²) in [6, 6.07) is 1.72. The number of aryl methyl sites for hydroxylation is 1. The minimum absolute atomic E-state index is 0.0144. The predicted octanol–water partition coefficient (Wildman–Crippen LogP) is 1.43. The Hall–Kier alpha value is -1.43. The molecular weight excluding hydrogens is 250 g/mol. The van der Waals surface area contributed by atoms with Gasteiger partial charge in [0.25, 0.3) is 0 Å². The Bertz CT molecular complexity index is 521. The zero-order chi connectivity index (χ0) is 10.3. The number of pyridine rings is 1. The normalized spacial score (nSPS) is 10.7. The van der Waals surface area contributed by atoms with Crippen molar-refractivity contribution in [3.05, 3.63) is 22.6 Å². The maximum absolute atomic E-state index is 10.8. The summed E-state index contributed by atoms with van der Waals surface area (Å²) in [5.41, 5.74) is 1.11. The summed E-state index contributed by atoms with van der Waals surface area (Å²) in [7, 11) is 1.62. The Morgan fingerprint density at radius 2 is 2.36 bits per heavy atom. The maximum atomic E-state index is 10.8. The molecule has 0 aliphatic heterocycles. The van der Waals surface area contributed by atoms with Gasteiger partial charge in [-0.15, -0.1) is 0 Å². The number of carboxylic acids is 1. The molecule has 0 aliphatic rings. The molecule has 1 N–H and O–H groups in total. The summed E-state index contributed by atoms with van der Waals surface area (Å²) in [5, 5.41) is 8.83. The second-order valence-corrected chi connectivity index (χ2v) is 3.62. The van der Waals surface area contributed by atoms with Crippen molar-refractivity contribution in [3.63, 3.8) is 0 Å². The van der Waals surface area contributed by atoms with Crippen LogP contribution < -0.4 is 0 Å². The molecule has 0 bridgehead atoms. The van der Waals surface area contributed by atoms with Gasteiger partial charge in [0.05, 0.1) is 0 Å². The molecule has 2 aromatic rings. The van der Waals surface area contributed by atoms with Crippen molar-refractivity contribution in [3.8, 4) is 0 Å². The summed E-state index contributed by atoms with van der Waals surface area (Å²) in [5.74, 6) is -1.07. The molecular formula is C8H6BrN3O2. The highest BCUT2D eigenvalue weighted by Gasteiger charge is 2.15. The van der Waals surface area contributed by atoms with Gasteiger partial charge in [-0.2, -0.15) is 0 Å². The van der Waals surface area contributed by atoms with Crippen LogP contribution in [0.1, 0.15) is 10.6 Å². The second-order valence-electron chi connectivity index (χ2n) is 2.76. The lowest BCUT2D eigenvalue weighted by Gasteiger charge is -1.95. The fraction of sp³-hybridized carbons (Fsp3) is 0.125. The molecule has 0 saturated heterocycles. The number of rotatable bonds is 1. The smallest absolute Gasteiger partial charge is 0.372 e. The monoisotopic (exact) mass is 255 g/mol. The van der Waals surface area contributed by atoms with Crippen molar-refractivity contribution in [2.24, 2.45) is 7.05 Å². The third-order valence-corrected chi connectivity index (χ3v) is 2.54. The van der Waals surface area contributed by atoms with E-state index in [1.54, 1.807) is 19.3 Å². The molecule has 0 radical (unpaired) electrons. The lowest BCUT2D eigenvalue weighted by atomic mass is 10.4. The zero-order valence-electron chi connectivity index (χ0n) is 7.23. The number of imidazole rings is 1. The van der Waals surface area contributed by atoms with Crippen molar-refractivity contribution in [2.75, 3.05) is 0 Å². The van der Waals surface area contributed by atoms with E-state index in [1.807, 2.05) is 0 Å². The molecule has 72 valence electrons. The van der Waals surface area contributed by atoms with E-state index in [-0.39, 0.29) is 5.82 Å². The Labute approximate surface area is 87.5 Å². The van der Waals surface area contributed by atoms with Crippen LogP contribution in [0.3, 0.4) is 0 Å². The van der Waals surface area contributed by atoms with Crippen LogP contribution in [0.2, 0.25) is 0 Å². The number of aromatic carboxylic acids is 1. The maximum Gasteiger partial charge on any atom is 0.372 e. The summed E-state index contributed by atoms with van der Waals surface area (Å²) >= 11 is 3.28. The first kappa shape index (κ1) is 9.14. The molecule has 0 fully saturated rings. The highest BCUT2D eigenvalue weighted by molar-refractivity contribution is 9.10. The summed E-state index contributed by atoms with van der Waals surface area (Å²) < 4.78 is 2.19. The van der Waals surface area contributed by atoms with Gasteiger partial charge in [-0.25, -0.2) is 14.8 Å². The molecule has 0 saturated carbocycles. The van der Waals surface area contributed by atoms with Crippen molar-refractivity contribution in [2.45, 2.75) is 0 Å². The fourth-order valence-electron chi connectivity index (χ4n) is 1.24. The Balaban J connectivity index is 2.86. The second kappa shape index (κ2) is 3.06. The average molecular weight is 256 g/mol. The SMILES string of the molecule is Cn1c(C(=O)O)nc2c(Br)ccnc21. The molecule has 5 nitrogen and oxygen atoms in total. The van der Waals surface area contributed by atoms with Gasteiger partial charge in [-0.1, -0.05) is 0 Å². The predicted molar refractivity (Wildman–Crippen MR) is 53.2 cm³/mol. The Morgan fingerprint density at radius 3 is 2.93 bits per heavy atom. The van der Waals surface area contributed by atoms with Gasteiger partial charge in [-0.05, 0) is 22.0 Å². The molecule has 6 heteroatoms. The van der Waals surface area contributed by atoms with Crippen molar-refractivity contribution in [1.82, 2.24) is 14.5 Å². The number of aromatic nitrogens is 3. The largest absolute Gasteiger partial charge is 0.475 e. The number of carbonyl (C=O) groups is 1. The van der Waals surface area contributed by atoms with Crippen LogP contribution >= 0.6 is 15.9 Å². The minimum Gasteiger partial charge on any atom is -0.475 e. The first-order valence-corrected chi connectivity index (χ1v) is 4.61. The van der Waals surface area contributed by atoms with Gasteiger partial charge >= 0.3 is 5.97 Å². The van der Waals surface area contributed by atoms with E-state index in [0.717, 1.165) is 4.47 Å². The van der Waals surface area contributed by atoms with Crippen LogP contribution in [0, 0.1) is 0 Å².